The summed E-state index contributed by atoms with van der Waals surface area (Å²) in [5.41, 5.74) is -1.55. The molecular formula is C21H38O5. The predicted molar refractivity (Wildman–Crippen MR) is 105 cm³/mol. The minimum Gasteiger partial charge on any atom is -0.481 e. The molecule has 0 heterocycles. The smallest absolute Gasteiger partial charge is 0.303 e. The summed E-state index contributed by atoms with van der Waals surface area (Å²) in [7, 11) is 0. The van der Waals surface area contributed by atoms with Crippen LogP contribution in [0.3, 0.4) is 0 Å². The fourth-order valence-electron chi connectivity index (χ4n) is 2.75. The molecule has 0 saturated heterocycles. The molecule has 3 atom stereocenters. The first kappa shape index (κ1) is 24.8. The Morgan fingerprint density at radius 1 is 1.00 bits per heavy atom. The summed E-state index contributed by atoms with van der Waals surface area (Å²) >= 11 is 0. The van der Waals surface area contributed by atoms with Gasteiger partial charge < -0.3 is 20.4 Å². The van der Waals surface area contributed by atoms with Crippen molar-refractivity contribution in [1.29, 1.82) is 0 Å². The van der Waals surface area contributed by atoms with Crippen molar-refractivity contribution >= 4 is 5.97 Å². The maximum Gasteiger partial charge on any atom is 0.303 e. The molecule has 0 amide bonds. The van der Waals surface area contributed by atoms with Crippen LogP contribution in [0.1, 0.15) is 84.5 Å². The van der Waals surface area contributed by atoms with Gasteiger partial charge in [0.2, 0.25) is 0 Å². The molecule has 0 aromatic heterocycles. The molecule has 4 N–H and O–H groups in total. The minimum atomic E-state index is -1.55. The SMILES string of the molecule is CCCCCCCC/C=C\C/C=C\C(C)(O)C(O)C(O)CCCC(=O)O. The summed E-state index contributed by atoms with van der Waals surface area (Å²) in [6, 6.07) is 0. The highest BCUT2D eigenvalue weighted by molar-refractivity contribution is 5.66. The molecule has 152 valence electrons. The average molecular weight is 371 g/mol. The zero-order valence-corrected chi connectivity index (χ0v) is 16.4. The first-order valence-corrected chi connectivity index (χ1v) is 9.94. The molecule has 0 radical (unpaired) electrons. The Hall–Kier alpha value is -1.17. The number of carbonyl (C=O) groups is 1. The summed E-state index contributed by atoms with van der Waals surface area (Å²) in [5.74, 6) is -0.939. The molecule has 0 spiro atoms. The van der Waals surface area contributed by atoms with Gasteiger partial charge in [0, 0.05) is 6.42 Å². The van der Waals surface area contributed by atoms with E-state index in [0.29, 0.717) is 6.42 Å². The highest BCUT2D eigenvalue weighted by Gasteiger charge is 2.32. The summed E-state index contributed by atoms with van der Waals surface area (Å²) in [4.78, 5) is 10.5. The number of rotatable bonds is 16. The van der Waals surface area contributed by atoms with Crippen molar-refractivity contribution in [3.8, 4) is 0 Å². The van der Waals surface area contributed by atoms with Gasteiger partial charge in [-0.15, -0.1) is 0 Å². The Balaban J connectivity index is 4.00. The van der Waals surface area contributed by atoms with E-state index < -0.39 is 23.8 Å². The highest BCUT2D eigenvalue weighted by Crippen LogP contribution is 2.19. The molecule has 0 aliphatic carbocycles. The van der Waals surface area contributed by atoms with Gasteiger partial charge in [0.1, 0.15) is 11.7 Å². The van der Waals surface area contributed by atoms with E-state index in [0.717, 1.165) is 6.42 Å². The van der Waals surface area contributed by atoms with Crippen molar-refractivity contribution in [2.45, 2.75) is 102 Å². The predicted octanol–water partition coefficient (Wildman–Crippen LogP) is 3.97. The van der Waals surface area contributed by atoms with E-state index in [1.165, 1.54) is 51.5 Å². The quantitative estimate of drug-likeness (QED) is 0.243. The Morgan fingerprint density at radius 2 is 1.65 bits per heavy atom. The van der Waals surface area contributed by atoms with E-state index in [1.807, 2.05) is 6.08 Å². The van der Waals surface area contributed by atoms with E-state index in [2.05, 4.69) is 13.0 Å². The summed E-state index contributed by atoms with van der Waals surface area (Å²) in [6.45, 7) is 3.65. The van der Waals surface area contributed by atoms with Gasteiger partial charge in [0.15, 0.2) is 0 Å². The minimum absolute atomic E-state index is 0.0643. The lowest BCUT2D eigenvalue weighted by atomic mass is 9.91. The number of aliphatic hydroxyl groups excluding tert-OH is 2. The van der Waals surface area contributed by atoms with E-state index in [4.69, 9.17) is 5.11 Å². The second-order valence-corrected chi connectivity index (χ2v) is 7.19. The Morgan fingerprint density at radius 3 is 2.31 bits per heavy atom. The van der Waals surface area contributed by atoms with Gasteiger partial charge in [-0.2, -0.15) is 0 Å². The number of unbranched alkanes of at least 4 members (excludes halogenated alkanes) is 6. The second kappa shape index (κ2) is 14.9. The third-order valence-corrected chi connectivity index (χ3v) is 4.47. The first-order valence-electron chi connectivity index (χ1n) is 9.94. The molecule has 5 nitrogen and oxygen atoms in total. The second-order valence-electron chi connectivity index (χ2n) is 7.19. The van der Waals surface area contributed by atoms with Crippen LogP contribution >= 0.6 is 0 Å². The first-order chi connectivity index (χ1) is 12.3. The Bertz CT molecular complexity index is 415. The number of aliphatic carboxylic acids is 1. The number of hydrogen-bond donors (Lipinski definition) is 4. The molecule has 0 rings (SSSR count). The van der Waals surface area contributed by atoms with Gasteiger partial charge >= 0.3 is 5.97 Å². The van der Waals surface area contributed by atoms with Crippen molar-refractivity contribution in [3.05, 3.63) is 24.3 Å². The number of allylic oxidation sites excluding steroid dienone is 3. The van der Waals surface area contributed by atoms with Crippen molar-refractivity contribution in [3.63, 3.8) is 0 Å². The van der Waals surface area contributed by atoms with Crippen LogP contribution in [0.5, 0.6) is 0 Å². The normalized spacial score (nSPS) is 16.8. The van der Waals surface area contributed by atoms with Crippen molar-refractivity contribution in [2.24, 2.45) is 0 Å². The molecular weight excluding hydrogens is 332 g/mol. The lowest BCUT2D eigenvalue weighted by Gasteiger charge is -2.29. The van der Waals surface area contributed by atoms with Crippen LogP contribution in [0, 0.1) is 0 Å². The molecule has 0 aromatic carbocycles. The number of carboxylic acid groups (broad SMARTS) is 1. The molecule has 0 aliphatic heterocycles. The summed E-state index contributed by atoms with van der Waals surface area (Å²) in [5, 5.41) is 38.8. The lowest BCUT2D eigenvalue weighted by Crippen LogP contribution is -2.45. The summed E-state index contributed by atoms with van der Waals surface area (Å²) < 4.78 is 0. The fraction of sp³-hybridized carbons (Fsp3) is 0.762. The van der Waals surface area contributed by atoms with Crippen molar-refractivity contribution in [2.75, 3.05) is 0 Å². The highest BCUT2D eigenvalue weighted by atomic mass is 16.4. The van der Waals surface area contributed by atoms with Gasteiger partial charge in [0.05, 0.1) is 6.10 Å². The van der Waals surface area contributed by atoms with Crippen molar-refractivity contribution in [1.82, 2.24) is 0 Å². The molecule has 5 heteroatoms. The summed E-state index contributed by atoms with van der Waals surface area (Å²) in [6.07, 6.45) is 14.7. The van der Waals surface area contributed by atoms with Gasteiger partial charge in [-0.1, -0.05) is 63.3 Å². The van der Waals surface area contributed by atoms with E-state index >= 15 is 0 Å². The van der Waals surface area contributed by atoms with Crippen LogP contribution in [0.4, 0.5) is 0 Å². The maximum atomic E-state index is 10.5. The van der Waals surface area contributed by atoms with Gasteiger partial charge in [0.25, 0.3) is 0 Å². The zero-order valence-electron chi connectivity index (χ0n) is 16.4. The molecule has 0 saturated carbocycles. The third-order valence-electron chi connectivity index (χ3n) is 4.47. The van der Waals surface area contributed by atoms with Crippen LogP contribution in [-0.4, -0.2) is 44.2 Å². The van der Waals surface area contributed by atoms with Gasteiger partial charge in [-0.25, -0.2) is 0 Å². The van der Waals surface area contributed by atoms with Gasteiger partial charge in [-0.05, 0) is 39.0 Å². The maximum absolute atomic E-state index is 10.5. The molecule has 0 aromatic rings. The van der Waals surface area contributed by atoms with E-state index in [1.54, 1.807) is 6.08 Å². The van der Waals surface area contributed by atoms with Crippen LogP contribution in [0.15, 0.2) is 24.3 Å². The molecule has 0 fully saturated rings. The Labute approximate surface area is 158 Å². The van der Waals surface area contributed by atoms with Crippen molar-refractivity contribution < 1.29 is 25.2 Å². The third kappa shape index (κ3) is 13.1. The molecule has 0 aliphatic rings. The number of hydrogen-bond acceptors (Lipinski definition) is 4. The zero-order chi connectivity index (χ0) is 19.8. The number of aliphatic hydroxyl groups is 3. The van der Waals surface area contributed by atoms with Crippen LogP contribution < -0.4 is 0 Å². The standard InChI is InChI=1S/C21H38O5/c1-3-4-5-6-7-8-9-10-11-12-13-17-21(2,26)20(25)18(22)15-14-16-19(23)24/h10-11,13,17-18,20,22,25-26H,3-9,12,14-16H2,1-2H3,(H,23,24)/b11-10-,17-13-. The topological polar surface area (TPSA) is 98.0 Å². The van der Waals surface area contributed by atoms with Crippen LogP contribution in [0.2, 0.25) is 0 Å². The molecule has 26 heavy (non-hydrogen) atoms. The Kier molecular flexibility index (Phi) is 14.3. The van der Waals surface area contributed by atoms with E-state index in [-0.39, 0.29) is 19.3 Å². The fourth-order valence-corrected chi connectivity index (χ4v) is 2.75. The average Bonchev–Trinajstić information content (AvgIpc) is 2.58. The molecule has 3 unspecified atom stereocenters. The van der Waals surface area contributed by atoms with Crippen LogP contribution in [0.25, 0.3) is 0 Å². The monoisotopic (exact) mass is 370 g/mol. The molecule has 0 bridgehead atoms. The van der Waals surface area contributed by atoms with Crippen LogP contribution in [-0.2, 0) is 4.79 Å². The van der Waals surface area contributed by atoms with E-state index in [9.17, 15) is 20.1 Å². The number of carboxylic acids is 1. The largest absolute Gasteiger partial charge is 0.481 e. The lowest BCUT2D eigenvalue weighted by molar-refractivity contribution is -0.137. The van der Waals surface area contributed by atoms with Gasteiger partial charge in [-0.3, -0.25) is 4.79 Å².